The molecule has 4 rings (SSSR count). The Bertz CT molecular complexity index is 1250. The van der Waals surface area contributed by atoms with E-state index in [1.165, 1.54) is 40.5 Å². The third-order valence-corrected chi connectivity index (χ3v) is 7.28. The molecule has 0 fully saturated rings. The van der Waals surface area contributed by atoms with Crippen molar-refractivity contribution in [3.05, 3.63) is 93.4 Å². The topological polar surface area (TPSA) is 80.5 Å². The Morgan fingerprint density at radius 3 is 2.50 bits per heavy atom. The molecule has 30 heavy (non-hydrogen) atoms. The van der Waals surface area contributed by atoms with Gasteiger partial charge in [0.15, 0.2) is 5.76 Å². The molecular formula is C21H15BrN2O4S2. The van der Waals surface area contributed by atoms with E-state index in [1.807, 2.05) is 17.5 Å². The van der Waals surface area contributed by atoms with Gasteiger partial charge >= 0.3 is 0 Å². The van der Waals surface area contributed by atoms with E-state index in [2.05, 4.69) is 20.9 Å². The van der Waals surface area contributed by atoms with Crippen LogP contribution >= 0.6 is 27.3 Å². The highest BCUT2D eigenvalue weighted by Crippen LogP contribution is 2.26. The number of benzene rings is 1. The van der Waals surface area contributed by atoms with Gasteiger partial charge in [-0.2, -0.15) is 0 Å². The van der Waals surface area contributed by atoms with Gasteiger partial charge in [-0.05, 0) is 60.0 Å². The molecule has 0 aliphatic heterocycles. The molecule has 4 aromatic rings. The van der Waals surface area contributed by atoms with Crippen molar-refractivity contribution >= 4 is 48.8 Å². The van der Waals surface area contributed by atoms with E-state index in [4.69, 9.17) is 4.42 Å². The van der Waals surface area contributed by atoms with Crippen molar-refractivity contribution in [2.45, 2.75) is 16.5 Å². The van der Waals surface area contributed by atoms with Crippen LogP contribution in [0.15, 0.2) is 97.2 Å². The zero-order valence-electron chi connectivity index (χ0n) is 15.4. The summed E-state index contributed by atoms with van der Waals surface area (Å²) in [6.45, 7) is 0.295. The van der Waals surface area contributed by atoms with Crippen LogP contribution in [0.3, 0.4) is 0 Å². The van der Waals surface area contributed by atoms with Gasteiger partial charge in [0.1, 0.15) is 5.82 Å². The van der Waals surface area contributed by atoms with Crippen LogP contribution in [0.4, 0.5) is 5.82 Å². The van der Waals surface area contributed by atoms with Gasteiger partial charge in [-0.15, -0.1) is 11.3 Å². The second kappa shape index (κ2) is 8.55. The predicted molar refractivity (Wildman–Crippen MR) is 117 cm³/mol. The predicted octanol–water partition coefficient (Wildman–Crippen LogP) is 5.18. The Hall–Kier alpha value is -2.75. The quantitative estimate of drug-likeness (QED) is 0.362. The first-order valence-corrected chi connectivity index (χ1v) is 12.0. The highest BCUT2D eigenvalue weighted by atomic mass is 79.9. The summed E-state index contributed by atoms with van der Waals surface area (Å²) in [7, 11) is -3.88. The van der Waals surface area contributed by atoms with Crippen LogP contribution in [0.2, 0.25) is 0 Å². The van der Waals surface area contributed by atoms with Gasteiger partial charge in [0, 0.05) is 15.5 Å². The van der Waals surface area contributed by atoms with E-state index < -0.39 is 15.7 Å². The molecule has 152 valence electrons. The minimum atomic E-state index is -3.88. The number of nitrogens with zero attached hydrogens (tertiary/aromatic N) is 2. The van der Waals surface area contributed by atoms with Gasteiger partial charge in [0.2, 0.25) is 14.9 Å². The first kappa shape index (κ1) is 20.5. The molecule has 0 spiro atoms. The lowest BCUT2D eigenvalue weighted by atomic mass is 10.3. The molecule has 1 aromatic carbocycles. The minimum Gasteiger partial charge on any atom is -0.439 e. The second-order valence-electron chi connectivity index (χ2n) is 6.23. The van der Waals surface area contributed by atoms with E-state index >= 15 is 0 Å². The van der Waals surface area contributed by atoms with Crippen molar-refractivity contribution in [3.8, 4) is 0 Å². The standard InChI is InChI=1S/C21H15BrN2O4S2/c22-15-6-8-17(9-7-15)30(26,27)20-11-10-18(28-20)21(25)24(14-16-4-3-13-29-16)19-5-1-2-12-23-19/h1-13H,14H2. The summed E-state index contributed by atoms with van der Waals surface area (Å²) in [5.74, 6) is -0.100. The minimum absolute atomic E-state index is 0.0760. The zero-order chi connectivity index (χ0) is 21.1. The lowest BCUT2D eigenvalue weighted by molar-refractivity contribution is 0.0952. The largest absolute Gasteiger partial charge is 0.439 e. The summed E-state index contributed by atoms with van der Waals surface area (Å²) in [6, 6.07) is 17.9. The second-order valence-corrected chi connectivity index (χ2v) is 10.1. The number of aromatic nitrogens is 1. The molecule has 1 amide bonds. The van der Waals surface area contributed by atoms with Crippen LogP contribution in [0.25, 0.3) is 0 Å². The summed E-state index contributed by atoms with van der Waals surface area (Å²) >= 11 is 4.79. The molecule has 0 radical (unpaired) electrons. The highest BCUT2D eigenvalue weighted by Gasteiger charge is 2.27. The van der Waals surface area contributed by atoms with E-state index in [9.17, 15) is 13.2 Å². The van der Waals surface area contributed by atoms with Crippen LogP contribution in [-0.4, -0.2) is 19.3 Å². The van der Waals surface area contributed by atoms with Gasteiger partial charge in [0.25, 0.3) is 5.91 Å². The van der Waals surface area contributed by atoms with Crippen LogP contribution in [0, 0.1) is 0 Å². The van der Waals surface area contributed by atoms with Gasteiger partial charge in [-0.1, -0.05) is 28.1 Å². The molecule has 0 bridgehead atoms. The van der Waals surface area contributed by atoms with Gasteiger partial charge in [0.05, 0.1) is 11.4 Å². The molecule has 0 atom stereocenters. The zero-order valence-corrected chi connectivity index (χ0v) is 18.7. The number of sulfone groups is 1. The van der Waals surface area contributed by atoms with Gasteiger partial charge in [-0.25, -0.2) is 13.4 Å². The Balaban J connectivity index is 1.66. The number of furan rings is 1. The fourth-order valence-corrected chi connectivity index (χ4v) is 4.90. The maximum Gasteiger partial charge on any atom is 0.295 e. The van der Waals surface area contributed by atoms with Crippen LogP contribution < -0.4 is 4.90 Å². The maximum absolute atomic E-state index is 13.2. The highest BCUT2D eigenvalue weighted by molar-refractivity contribution is 9.10. The number of pyridine rings is 1. The number of carbonyl (C=O) groups excluding carboxylic acids is 1. The normalized spacial score (nSPS) is 11.4. The third-order valence-electron chi connectivity index (χ3n) is 4.25. The van der Waals surface area contributed by atoms with Crippen molar-refractivity contribution < 1.29 is 17.6 Å². The third kappa shape index (κ3) is 4.23. The van der Waals surface area contributed by atoms with Crippen molar-refractivity contribution in [2.24, 2.45) is 0 Å². The van der Waals surface area contributed by atoms with Crippen molar-refractivity contribution in [3.63, 3.8) is 0 Å². The first-order valence-electron chi connectivity index (χ1n) is 8.81. The van der Waals surface area contributed by atoms with Gasteiger partial charge in [-0.3, -0.25) is 9.69 Å². The number of amides is 1. The molecule has 3 aromatic heterocycles. The smallest absolute Gasteiger partial charge is 0.295 e. The molecule has 0 aliphatic carbocycles. The number of carbonyl (C=O) groups is 1. The average Bonchev–Trinajstić information content (AvgIpc) is 3.45. The van der Waals surface area contributed by atoms with E-state index in [0.29, 0.717) is 12.4 Å². The Kier molecular flexibility index (Phi) is 5.85. The van der Waals surface area contributed by atoms with Crippen LogP contribution in [-0.2, 0) is 16.4 Å². The maximum atomic E-state index is 13.2. The summed E-state index contributed by atoms with van der Waals surface area (Å²) in [6.07, 6.45) is 1.59. The van der Waals surface area contributed by atoms with E-state index in [0.717, 1.165) is 9.35 Å². The summed E-state index contributed by atoms with van der Waals surface area (Å²) in [5.41, 5.74) is 0. The Morgan fingerprint density at radius 2 is 1.83 bits per heavy atom. The fraction of sp³-hybridized carbons (Fsp3) is 0.0476. The monoisotopic (exact) mass is 502 g/mol. The van der Waals surface area contributed by atoms with E-state index in [1.54, 1.807) is 36.5 Å². The van der Waals surface area contributed by atoms with Gasteiger partial charge < -0.3 is 4.42 Å². The molecule has 0 N–H and O–H groups in total. The van der Waals surface area contributed by atoms with Crippen LogP contribution in [0.5, 0.6) is 0 Å². The molecule has 6 nitrogen and oxygen atoms in total. The molecule has 0 saturated carbocycles. The number of hydrogen-bond donors (Lipinski definition) is 0. The lowest BCUT2D eigenvalue weighted by Crippen LogP contribution is -2.30. The molecule has 0 saturated heterocycles. The van der Waals surface area contributed by atoms with Crippen molar-refractivity contribution in [1.29, 1.82) is 0 Å². The summed E-state index contributed by atoms with van der Waals surface area (Å²) in [5, 5.41) is 1.64. The number of halogens is 1. The van der Waals surface area contributed by atoms with Crippen LogP contribution in [0.1, 0.15) is 15.4 Å². The molecule has 3 heterocycles. The van der Waals surface area contributed by atoms with E-state index in [-0.39, 0.29) is 15.7 Å². The molecular weight excluding hydrogens is 488 g/mol. The Labute approximate surface area is 185 Å². The summed E-state index contributed by atoms with van der Waals surface area (Å²) in [4.78, 5) is 20.0. The summed E-state index contributed by atoms with van der Waals surface area (Å²) < 4.78 is 31.9. The molecule has 0 unspecified atom stereocenters. The number of anilines is 1. The average molecular weight is 503 g/mol. The number of hydrogen-bond acceptors (Lipinski definition) is 6. The lowest BCUT2D eigenvalue weighted by Gasteiger charge is -2.19. The molecule has 0 aliphatic rings. The van der Waals surface area contributed by atoms with Crippen molar-refractivity contribution in [2.75, 3.05) is 4.90 Å². The number of rotatable bonds is 6. The van der Waals surface area contributed by atoms with Crippen molar-refractivity contribution in [1.82, 2.24) is 4.98 Å². The number of thiophene rings is 1. The SMILES string of the molecule is O=C(c1ccc(S(=O)(=O)c2ccc(Br)cc2)o1)N(Cc1cccs1)c1ccccn1. The fourth-order valence-electron chi connectivity index (χ4n) is 2.77. The Morgan fingerprint density at radius 1 is 1.03 bits per heavy atom. The first-order chi connectivity index (χ1) is 14.4. The molecule has 9 heteroatoms.